The molecule has 1 radical (unpaired) electrons. The van der Waals surface area contributed by atoms with E-state index in [4.69, 9.17) is 0 Å². The van der Waals surface area contributed by atoms with Gasteiger partial charge in [0.15, 0.2) is 0 Å². The van der Waals surface area contributed by atoms with Crippen LogP contribution in [0.3, 0.4) is 0 Å². The second kappa shape index (κ2) is 4.42. The van der Waals surface area contributed by atoms with Crippen LogP contribution in [0.4, 0.5) is 8.78 Å². The molecule has 1 atom stereocenters. The Balaban J connectivity index is 2.59. The minimum atomic E-state index is -2.81. The fourth-order valence-electron chi connectivity index (χ4n) is 0.782. The van der Waals surface area contributed by atoms with Gasteiger partial charge in [-0.15, -0.1) is 0 Å². The Hall–Kier alpha value is -0.610. The fourth-order valence-corrected chi connectivity index (χ4v) is 1.02. The van der Waals surface area contributed by atoms with Gasteiger partial charge in [-0.25, -0.2) is 0 Å². The van der Waals surface area contributed by atoms with Crippen LogP contribution < -0.4 is 0 Å². The van der Waals surface area contributed by atoms with E-state index in [2.05, 4.69) is 17.4 Å². The van der Waals surface area contributed by atoms with Gasteiger partial charge in [-0.2, -0.15) is 8.78 Å². The minimum Gasteiger partial charge on any atom is -0.303 e. The Morgan fingerprint density at radius 2 is 1.75 bits per heavy atom. The molecule has 0 spiro atoms. The zero-order chi connectivity index (χ0) is 8.97. The van der Waals surface area contributed by atoms with Crippen molar-refractivity contribution in [2.24, 2.45) is 0 Å². The smallest absolute Gasteiger partial charge is 0.303 e. The maximum Gasteiger partial charge on any atom is 0.346 e. The molecule has 65 valence electrons. The first-order valence-corrected chi connectivity index (χ1v) is 3.81. The van der Waals surface area contributed by atoms with Crippen molar-refractivity contribution in [2.45, 2.75) is 12.0 Å². The van der Waals surface area contributed by atoms with Gasteiger partial charge < -0.3 is 4.74 Å². The molecule has 0 saturated heterocycles. The van der Waals surface area contributed by atoms with Crippen LogP contribution >= 0.6 is 12.6 Å². The summed E-state index contributed by atoms with van der Waals surface area (Å²) in [5, 5.41) is 0. The van der Waals surface area contributed by atoms with Crippen LogP contribution in [0.25, 0.3) is 0 Å². The van der Waals surface area contributed by atoms with Crippen LogP contribution in [0.15, 0.2) is 30.3 Å². The molecule has 12 heavy (non-hydrogen) atoms. The molecule has 1 nitrogen and oxygen atoms in total. The van der Waals surface area contributed by atoms with Gasteiger partial charge in [0.25, 0.3) is 0 Å². The molecule has 1 aromatic carbocycles. The van der Waals surface area contributed by atoms with Gasteiger partial charge in [0.1, 0.15) is 5.44 Å². The third-order valence-electron chi connectivity index (χ3n) is 1.30. The van der Waals surface area contributed by atoms with Gasteiger partial charge in [0.2, 0.25) is 0 Å². The molecular formula is C8H7F2OS. The fraction of sp³-hybridized carbons (Fsp3) is 0.250. The van der Waals surface area contributed by atoms with Gasteiger partial charge in [-0.3, -0.25) is 0 Å². The van der Waals surface area contributed by atoms with E-state index in [-0.39, 0.29) is 0 Å². The topological polar surface area (TPSA) is 9.23 Å². The van der Waals surface area contributed by atoms with Crippen LogP contribution in [-0.2, 0) is 4.74 Å². The number of hydrogen-bond donors (Lipinski definition) is 0. The Kier molecular flexibility index (Phi) is 3.49. The lowest BCUT2D eigenvalue weighted by Crippen LogP contribution is -2.02. The first kappa shape index (κ1) is 9.48. The Bertz CT molecular complexity index is 228. The van der Waals surface area contributed by atoms with E-state index in [1.807, 2.05) is 0 Å². The highest BCUT2D eigenvalue weighted by molar-refractivity contribution is 7.80. The first-order chi connectivity index (χ1) is 5.70. The summed E-state index contributed by atoms with van der Waals surface area (Å²) < 4.78 is 27.5. The lowest BCUT2D eigenvalue weighted by molar-refractivity contribution is -0.139. The van der Waals surface area contributed by atoms with Crippen molar-refractivity contribution >= 4 is 12.6 Å². The highest BCUT2D eigenvalue weighted by atomic mass is 32.1. The summed E-state index contributed by atoms with van der Waals surface area (Å²) in [7, 11) is 0. The maximum absolute atomic E-state index is 11.7. The average molecular weight is 189 g/mol. The van der Waals surface area contributed by atoms with Gasteiger partial charge in [0, 0.05) is 0 Å². The van der Waals surface area contributed by atoms with Crippen LogP contribution in [0.2, 0.25) is 0 Å². The van der Waals surface area contributed by atoms with Crippen LogP contribution in [-0.4, -0.2) is 6.61 Å². The third-order valence-corrected chi connectivity index (χ3v) is 1.68. The van der Waals surface area contributed by atoms with Crippen LogP contribution in [0, 0.1) is 0 Å². The number of benzene rings is 1. The summed E-state index contributed by atoms with van der Waals surface area (Å²) in [6, 6.07) is 8.54. The Morgan fingerprint density at radius 3 is 2.25 bits per heavy atom. The minimum absolute atomic E-state index is 0.577. The summed E-state index contributed by atoms with van der Waals surface area (Å²) >= 11 is 4.68. The Morgan fingerprint density at radius 1 is 1.17 bits per heavy atom. The molecule has 0 N–H and O–H groups in total. The van der Waals surface area contributed by atoms with E-state index in [1.165, 1.54) is 0 Å². The van der Waals surface area contributed by atoms with E-state index < -0.39 is 12.0 Å². The van der Waals surface area contributed by atoms with Crippen molar-refractivity contribution in [1.29, 1.82) is 0 Å². The van der Waals surface area contributed by atoms with E-state index in [0.29, 0.717) is 5.56 Å². The third kappa shape index (κ3) is 2.79. The van der Waals surface area contributed by atoms with Gasteiger partial charge >= 0.3 is 6.61 Å². The molecule has 4 heteroatoms. The SMILES string of the molecule is FC(F)OC([S])c1ccccc1. The van der Waals surface area contributed by atoms with Gasteiger partial charge in [-0.05, 0) is 5.56 Å². The predicted octanol–water partition coefficient (Wildman–Crippen LogP) is 3.12. The number of halogens is 2. The lowest BCUT2D eigenvalue weighted by Gasteiger charge is -2.09. The van der Waals surface area contributed by atoms with Crippen molar-refractivity contribution in [3.8, 4) is 0 Å². The molecule has 0 aromatic heterocycles. The molecule has 0 amide bonds. The molecular weight excluding hydrogens is 182 g/mol. The summed E-state index contributed by atoms with van der Waals surface area (Å²) in [6.45, 7) is -2.81. The molecule has 0 aliphatic rings. The standard InChI is InChI=1S/C8H7F2OS/c9-8(10)11-7(12)6-4-2-1-3-5-6/h1-5,7-8H. The Labute approximate surface area is 74.8 Å². The molecule has 0 aliphatic carbocycles. The van der Waals surface area contributed by atoms with E-state index in [1.54, 1.807) is 30.3 Å². The average Bonchev–Trinajstić information content (AvgIpc) is 2.05. The monoisotopic (exact) mass is 189 g/mol. The first-order valence-electron chi connectivity index (χ1n) is 3.34. The predicted molar refractivity (Wildman–Crippen MR) is 43.9 cm³/mol. The van der Waals surface area contributed by atoms with Gasteiger partial charge in [0.05, 0.1) is 0 Å². The molecule has 0 fully saturated rings. The quantitative estimate of drug-likeness (QED) is 0.709. The highest BCUT2D eigenvalue weighted by Gasteiger charge is 2.12. The second-order valence-electron chi connectivity index (χ2n) is 2.14. The zero-order valence-corrected chi connectivity index (χ0v) is 6.93. The second-order valence-corrected chi connectivity index (χ2v) is 2.57. The summed E-state index contributed by atoms with van der Waals surface area (Å²) in [4.78, 5) is 0. The molecule has 0 aliphatic heterocycles. The lowest BCUT2D eigenvalue weighted by atomic mass is 10.2. The molecule has 1 unspecified atom stereocenters. The molecule has 0 heterocycles. The molecule has 1 aromatic rings. The molecule has 1 rings (SSSR count). The van der Waals surface area contributed by atoms with E-state index >= 15 is 0 Å². The maximum atomic E-state index is 11.7. The summed E-state index contributed by atoms with van der Waals surface area (Å²) in [5.41, 5.74) is -0.390. The molecule has 0 saturated carbocycles. The van der Waals surface area contributed by atoms with Crippen molar-refractivity contribution in [3.63, 3.8) is 0 Å². The van der Waals surface area contributed by atoms with Crippen molar-refractivity contribution in [3.05, 3.63) is 35.9 Å². The van der Waals surface area contributed by atoms with Crippen molar-refractivity contribution < 1.29 is 13.5 Å². The van der Waals surface area contributed by atoms with Gasteiger partial charge in [-0.1, -0.05) is 43.0 Å². The van der Waals surface area contributed by atoms with Crippen LogP contribution in [0.1, 0.15) is 11.0 Å². The summed E-state index contributed by atoms with van der Waals surface area (Å²) in [6.07, 6.45) is 0. The highest BCUT2D eigenvalue weighted by Crippen LogP contribution is 2.22. The number of rotatable bonds is 3. The number of alkyl halides is 2. The largest absolute Gasteiger partial charge is 0.346 e. The number of ether oxygens (including phenoxy) is 1. The van der Waals surface area contributed by atoms with Crippen molar-refractivity contribution in [1.82, 2.24) is 0 Å². The number of hydrogen-bond acceptors (Lipinski definition) is 1. The van der Waals surface area contributed by atoms with Crippen LogP contribution in [0.5, 0.6) is 0 Å². The van der Waals surface area contributed by atoms with E-state index in [9.17, 15) is 8.78 Å². The summed E-state index contributed by atoms with van der Waals surface area (Å²) in [5.74, 6) is 0. The normalized spacial score (nSPS) is 13.3. The van der Waals surface area contributed by atoms with Crippen molar-refractivity contribution in [2.75, 3.05) is 0 Å². The molecule has 0 bridgehead atoms. The zero-order valence-electron chi connectivity index (χ0n) is 6.11. The van der Waals surface area contributed by atoms with E-state index in [0.717, 1.165) is 0 Å².